The smallest absolute Gasteiger partial charge is 0.153 e. The molecule has 2 aliphatic heterocycles. The molecule has 5 rings (SSSR count). The second-order valence-electron chi connectivity index (χ2n) is 9.29. The highest BCUT2D eigenvalue weighted by molar-refractivity contribution is 5.90. The first-order valence-electron chi connectivity index (χ1n) is 12.2. The Morgan fingerprint density at radius 1 is 0.778 bits per heavy atom. The van der Waals surface area contributed by atoms with Gasteiger partial charge < -0.3 is 31.6 Å². The first-order chi connectivity index (χ1) is 17.4. The minimum absolute atomic E-state index is 0.128. The lowest BCUT2D eigenvalue weighted by atomic mass is 10.1. The van der Waals surface area contributed by atoms with E-state index in [9.17, 15) is 0 Å². The molecule has 0 spiro atoms. The Hall–Kier alpha value is -4.04. The summed E-state index contributed by atoms with van der Waals surface area (Å²) in [4.78, 5) is 8.92. The number of nitrogens with one attached hydrogen (secondary N) is 2. The van der Waals surface area contributed by atoms with Crippen LogP contribution in [0, 0.1) is 0 Å². The molecule has 3 atom stereocenters. The number of aliphatic imine (C=N–C) groups is 2. The number of benzene rings is 3. The lowest BCUT2D eigenvalue weighted by Crippen LogP contribution is -2.33. The summed E-state index contributed by atoms with van der Waals surface area (Å²) in [5, 5.41) is 7.04. The van der Waals surface area contributed by atoms with Gasteiger partial charge in [0.1, 0.15) is 34.5 Å². The summed E-state index contributed by atoms with van der Waals surface area (Å²) in [7, 11) is 0. The van der Waals surface area contributed by atoms with E-state index < -0.39 is 0 Å². The number of nitrogens with two attached hydrogens (primary N) is 2. The molecule has 6 N–H and O–H groups in total. The standard InChI is InChI=1S/C28H32N6O2/c1-16(32-22-9-11-26-24(13-22)34-28(30)18(3)36-26)21-7-4-19(5-8-21)14-31-15-20-6-10-25-23(12-20)33-27(29)17(2)35-25/h4-13,16-18,31-32H,14-15H2,1-3H3,(H2,29,33)(H2,30,34). The molecule has 2 aliphatic rings. The summed E-state index contributed by atoms with van der Waals surface area (Å²) >= 11 is 0. The zero-order valence-corrected chi connectivity index (χ0v) is 20.8. The first kappa shape index (κ1) is 23.7. The highest BCUT2D eigenvalue weighted by atomic mass is 16.5. The lowest BCUT2D eigenvalue weighted by Gasteiger charge is -2.22. The maximum absolute atomic E-state index is 5.94. The van der Waals surface area contributed by atoms with Crippen molar-refractivity contribution in [1.82, 2.24) is 5.32 Å². The van der Waals surface area contributed by atoms with Crippen molar-refractivity contribution in [3.8, 4) is 11.5 Å². The number of fused-ring (bicyclic) bond motifs is 2. The fourth-order valence-electron chi connectivity index (χ4n) is 4.22. The highest BCUT2D eigenvalue weighted by Gasteiger charge is 2.19. The summed E-state index contributed by atoms with van der Waals surface area (Å²) in [5.41, 5.74) is 17.9. The molecule has 0 aromatic heterocycles. The van der Waals surface area contributed by atoms with Crippen molar-refractivity contribution < 1.29 is 9.47 Å². The average molecular weight is 485 g/mol. The van der Waals surface area contributed by atoms with Crippen LogP contribution in [-0.4, -0.2) is 23.9 Å². The molecule has 36 heavy (non-hydrogen) atoms. The molecule has 0 fully saturated rings. The van der Waals surface area contributed by atoms with Gasteiger partial charge in [0, 0.05) is 24.8 Å². The van der Waals surface area contributed by atoms with Gasteiger partial charge in [0.05, 0.1) is 0 Å². The van der Waals surface area contributed by atoms with E-state index in [1.807, 2.05) is 44.2 Å². The Labute approximate surface area is 211 Å². The van der Waals surface area contributed by atoms with Crippen molar-refractivity contribution in [1.29, 1.82) is 0 Å². The van der Waals surface area contributed by atoms with Crippen LogP contribution < -0.4 is 31.6 Å². The van der Waals surface area contributed by atoms with Crippen LogP contribution in [0.25, 0.3) is 0 Å². The van der Waals surface area contributed by atoms with Crippen LogP contribution in [0.1, 0.15) is 43.5 Å². The number of rotatable bonds is 7. The Balaban J connectivity index is 1.15. The third-order valence-corrected chi connectivity index (χ3v) is 6.44. The number of anilines is 1. The zero-order chi connectivity index (χ0) is 25.2. The van der Waals surface area contributed by atoms with Crippen molar-refractivity contribution in [3.63, 3.8) is 0 Å². The van der Waals surface area contributed by atoms with E-state index in [1.165, 1.54) is 11.1 Å². The molecule has 0 bridgehead atoms. The van der Waals surface area contributed by atoms with Crippen molar-refractivity contribution in [2.24, 2.45) is 21.5 Å². The number of ether oxygens (including phenoxy) is 2. The number of hydrogen-bond acceptors (Lipinski definition) is 8. The van der Waals surface area contributed by atoms with Gasteiger partial charge >= 0.3 is 0 Å². The average Bonchev–Trinajstić information content (AvgIpc) is 2.86. The number of hydrogen-bond donors (Lipinski definition) is 4. The molecular weight excluding hydrogens is 452 g/mol. The minimum Gasteiger partial charge on any atom is -0.481 e. The van der Waals surface area contributed by atoms with Gasteiger partial charge in [-0.1, -0.05) is 30.3 Å². The fourth-order valence-corrected chi connectivity index (χ4v) is 4.22. The van der Waals surface area contributed by atoms with Gasteiger partial charge in [-0.15, -0.1) is 0 Å². The van der Waals surface area contributed by atoms with Crippen LogP contribution >= 0.6 is 0 Å². The molecule has 0 saturated heterocycles. The van der Waals surface area contributed by atoms with Gasteiger partial charge in [-0.3, -0.25) is 0 Å². The predicted molar refractivity (Wildman–Crippen MR) is 145 cm³/mol. The topological polar surface area (TPSA) is 119 Å². The summed E-state index contributed by atoms with van der Waals surface area (Å²) < 4.78 is 11.6. The van der Waals surface area contributed by atoms with Crippen LogP contribution in [0.15, 0.2) is 70.6 Å². The summed E-state index contributed by atoms with van der Waals surface area (Å²) in [6, 6.07) is 20.7. The summed E-state index contributed by atoms with van der Waals surface area (Å²) in [6.45, 7) is 7.42. The van der Waals surface area contributed by atoms with Crippen molar-refractivity contribution in [3.05, 3.63) is 77.4 Å². The van der Waals surface area contributed by atoms with E-state index in [-0.39, 0.29) is 18.2 Å². The number of amidine groups is 2. The van der Waals surface area contributed by atoms with Crippen LogP contribution in [0.3, 0.4) is 0 Å². The van der Waals surface area contributed by atoms with Crippen LogP contribution in [-0.2, 0) is 13.1 Å². The van der Waals surface area contributed by atoms with Gasteiger partial charge in [0.15, 0.2) is 12.2 Å². The van der Waals surface area contributed by atoms with E-state index >= 15 is 0 Å². The first-order valence-corrected chi connectivity index (χ1v) is 12.2. The third kappa shape index (κ3) is 5.13. The fraction of sp³-hybridized carbons (Fsp3) is 0.286. The van der Waals surface area contributed by atoms with Crippen molar-refractivity contribution >= 4 is 28.7 Å². The zero-order valence-electron chi connectivity index (χ0n) is 20.8. The van der Waals surface area contributed by atoms with E-state index in [4.69, 9.17) is 20.9 Å². The molecule has 8 heteroatoms. The molecule has 3 aromatic rings. The molecule has 186 valence electrons. The minimum atomic E-state index is -0.201. The van der Waals surface area contributed by atoms with Gasteiger partial charge in [0.25, 0.3) is 0 Å². The Morgan fingerprint density at radius 3 is 2.00 bits per heavy atom. The largest absolute Gasteiger partial charge is 0.481 e. The van der Waals surface area contributed by atoms with Gasteiger partial charge in [-0.05, 0) is 67.8 Å². The Kier molecular flexibility index (Phi) is 6.52. The molecule has 3 aromatic carbocycles. The number of nitrogens with zero attached hydrogens (tertiary/aromatic N) is 2. The van der Waals surface area contributed by atoms with E-state index in [1.54, 1.807) is 0 Å². The van der Waals surface area contributed by atoms with Gasteiger partial charge in [-0.2, -0.15) is 0 Å². The Morgan fingerprint density at radius 2 is 1.33 bits per heavy atom. The predicted octanol–water partition coefficient (Wildman–Crippen LogP) is 4.69. The molecule has 0 amide bonds. The SMILES string of the molecule is CC1Oc2ccc(CNCc3ccc(C(C)Nc4ccc5c(c4)N=C(N)C(C)O5)cc3)cc2N=C1N. The molecule has 0 saturated carbocycles. The summed E-state index contributed by atoms with van der Waals surface area (Å²) in [5.74, 6) is 2.52. The highest BCUT2D eigenvalue weighted by Crippen LogP contribution is 2.35. The van der Waals surface area contributed by atoms with E-state index in [2.05, 4.69) is 57.9 Å². The third-order valence-electron chi connectivity index (χ3n) is 6.44. The summed E-state index contributed by atoms with van der Waals surface area (Å²) in [6.07, 6.45) is -0.388. The van der Waals surface area contributed by atoms with Crippen molar-refractivity contribution in [2.45, 2.75) is 52.1 Å². The molecule has 3 unspecified atom stereocenters. The second-order valence-corrected chi connectivity index (χ2v) is 9.29. The van der Waals surface area contributed by atoms with Crippen molar-refractivity contribution in [2.75, 3.05) is 5.32 Å². The van der Waals surface area contributed by atoms with E-state index in [0.29, 0.717) is 11.7 Å². The van der Waals surface area contributed by atoms with Gasteiger partial charge in [-0.25, -0.2) is 9.98 Å². The second kappa shape index (κ2) is 9.91. The molecule has 8 nitrogen and oxygen atoms in total. The maximum Gasteiger partial charge on any atom is 0.153 e. The molecular formula is C28H32N6O2. The molecule has 2 heterocycles. The van der Waals surface area contributed by atoms with E-state index in [0.717, 1.165) is 47.2 Å². The normalized spacial score (nSPS) is 19.1. The molecule has 0 radical (unpaired) electrons. The van der Waals surface area contributed by atoms with Gasteiger partial charge in [0.2, 0.25) is 0 Å². The Bertz CT molecular complexity index is 1320. The molecule has 0 aliphatic carbocycles. The lowest BCUT2D eigenvalue weighted by molar-refractivity contribution is 0.281. The van der Waals surface area contributed by atoms with Crippen LogP contribution in [0.2, 0.25) is 0 Å². The van der Waals surface area contributed by atoms with Crippen LogP contribution in [0.4, 0.5) is 17.1 Å². The maximum atomic E-state index is 5.94. The monoisotopic (exact) mass is 484 g/mol. The quantitative estimate of drug-likeness (QED) is 0.386. The van der Waals surface area contributed by atoms with Crippen LogP contribution in [0.5, 0.6) is 11.5 Å².